The summed E-state index contributed by atoms with van der Waals surface area (Å²) in [5, 5.41) is 0.932. The zero-order valence-electron chi connectivity index (χ0n) is 11.1. The van der Waals surface area contributed by atoms with Gasteiger partial charge in [0.15, 0.2) is 0 Å². The van der Waals surface area contributed by atoms with Gasteiger partial charge < -0.3 is 9.64 Å². The highest BCUT2D eigenvalue weighted by Gasteiger charge is 2.23. The van der Waals surface area contributed by atoms with Crippen molar-refractivity contribution >= 4 is 17.2 Å². The molecule has 17 heavy (non-hydrogen) atoms. The third-order valence-corrected chi connectivity index (χ3v) is 3.70. The number of carbonyl (C=O) groups is 1. The Morgan fingerprint density at radius 1 is 1.53 bits per heavy atom. The topological polar surface area (TPSA) is 42.4 Å². The van der Waals surface area contributed by atoms with Crippen LogP contribution in [0.4, 0.5) is 0 Å². The van der Waals surface area contributed by atoms with Gasteiger partial charge in [-0.3, -0.25) is 4.79 Å². The third kappa shape index (κ3) is 3.26. The molecule has 1 atom stereocenters. The summed E-state index contributed by atoms with van der Waals surface area (Å²) in [5.41, 5.74) is 0.820. The summed E-state index contributed by atoms with van der Waals surface area (Å²) in [4.78, 5) is 19.2. The molecule has 0 N–H and O–H groups in total. The van der Waals surface area contributed by atoms with Crippen LogP contribution < -0.4 is 0 Å². The summed E-state index contributed by atoms with van der Waals surface area (Å²) in [7, 11) is 1.65. The van der Waals surface area contributed by atoms with Crippen LogP contribution >= 0.6 is 11.3 Å². The second kappa shape index (κ2) is 6.12. The van der Waals surface area contributed by atoms with E-state index < -0.39 is 0 Å². The van der Waals surface area contributed by atoms with Gasteiger partial charge >= 0.3 is 0 Å². The van der Waals surface area contributed by atoms with Gasteiger partial charge in [0.2, 0.25) is 0 Å². The first-order valence-corrected chi connectivity index (χ1v) is 6.56. The van der Waals surface area contributed by atoms with Crippen LogP contribution in [0.1, 0.15) is 34.2 Å². The van der Waals surface area contributed by atoms with Crippen LogP contribution in [0, 0.1) is 13.8 Å². The highest BCUT2D eigenvalue weighted by atomic mass is 32.1. The van der Waals surface area contributed by atoms with Crippen LogP contribution in [0.15, 0.2) is 0 Å². The fourth-order valence-electron chi connectivity index (χ4n) is 1.85. The van der Waals surface area contributed by atoms with Crippen LogP contribution in [-0.4, -0.2) is 42.1 Å². The average molecular weight is 256 g/mol. The van der Waals surface area contributed by atoms with E-state index in [-0.39, 0.29) is 11.9 Å². The van der Waals surface area contributed by atoms with Gasteiger partial charge in [-0.05, 0) is 27.7 Å². The molecule has 1 heterocycles. The molecule has 1 aromatic rings. The van der Waals surface area contributed by atoms with Crippen LogP contribution in [-0.2, 0) is 4.74 Å². The number of ether oxygens (including phenoxy) is 1. The van der Waals surface area contributed by atoms with E-state index in [9.17, 15) is 4.79 Å². The molecule has 5 heteroatoms. The fraction of sp³-hybridized carbons (Fsp3) is 0.667. The van der Waals surface area contributed by atoms with E-state index >= 15 is 0 Å². The van der Waals surface area contributed by atoms with Gasteiger partial charge in [-0.1, -0.05) is 0 Å². The Labute approximate surface area is 107 Å². The van der Waals surface area contributed by atoms with Crippen molar-refractivity contribution < 1.29 is 9.53 Å². The lowest BCUT2D eigenvalue weighted by Crippen LogP contribution is -2.40. The third-order valence-electron chi connectivity index (χ3n) is 2.64. The van der Waals surface area contributed by atoms with E-state index in [0.29, 0.717) is 13.2 Å². The molecule has 0 aliphatic carbocycles. The van der Waals surface area contributed by atoms with Crippen molar-refractivity contribution in [1.82, 2.24) is 9.88 Å². The second-order valence-electron chi connectivity index (χ2n) is 4.04. The van der Waals surface area contributed by atoms with Gasteiger partial charge in [0.05, 0.1) is 23.4 Å². The molecular weight excluding hydrogens is 236 g/mol. The largest absolute Gasteiger partial charge is 0.383 e. The highest BCUT2D eigenvalue weighted by Crippen LogP contribution is 2.20. The Kier molecular flexibility index (Phi) is 5.08. The molecule has 0 aromatic carbocycles. The van der Waals surface area contributed by atoms with Crippen LogP contribution in [0.5, 0.6) is 0 Å². The molecule has 0 saturated carbocycles. The minimum Gasteiger partial charge on any atom is -0.383 e. The summed E-state index contributed by atoms with van der Waals surface area (Å²) < 4.78 is 5.10. The molecule has 1 aromatic heterocycles. The number of amides is 1. The molecule has 0 unspecified atom stereocenters. The zero-order chi connectivity index (χ0) is 13.0. The van der Waals surface area contributed by atoms with Crippen LogP contribution in [0.3, 0.4) is 0 Å². The molecule has 0 spiro atoms. The van der Waals surface area contributed by atoms with E-state index in [1.165, 1.54) is 11.3 Å². The monoisotopic (exact) mass is 256 g/mol. The summed E-state index contributed by atoms with van der Waals surface area (Å²) in [5.74, 6) is 0.0557. The van der Waals surface area contributed by atoms with Crippen molar-refractivity contribution in [2.24, 2.45) is 0 Å². The van der Waals surface area contributed by atoms with Crippen molar-refractivity contribution in [3.63, 3.8) is 0 Å². The normalized spacial score (nSPS) is 12.5. The molecule has 1 amide bonds. The summed E-state index contributed by atoms with van der Waals surface area (Å²) >= 11 is 1.46. The van der Waals surface area contributed by atoms with Gasteiger partial charge in [-0.25, -0.2) is 4.98 Å². The van der Waals surface area contributed by atoms with Gasteiger partial charge in [-0.2, -0.15) is 0 Å². The Hall–Kier alpha value is -0.940. The van der Waals surface area contributed by atoms with Crippen LogP contribution in [0.2, 0.25) is 0 Å². The number of nitrogens with zero attached hydrogens (tertiary/aromatic N) is 2. The SMILES string of the molecule is CCN(C(=O)c1sc(C)nc1C)[C@@H](C)COC. The second-order valence-corrected chi connectivity index (χ2v) is 5.25. The molecule has 0 aliphatic heterocycles. The Balaban J connectivity index is 2.89. The first-order chi connectivity index (χ1) is 8.01. The van der Waals surface area contributed by atoms with Crippen molar-refractivity contribution in [2.45, 2.75) is 33.7 Å². The number of aromatic nitrogens is 1. The number of carbonyl (C=O) groups excluding carboxylic acids is 1. The number of methoxy groups -OCH3 is 1. The fourth-order valence-corrected chi connectivity index (χ4v) is 2.72. The number of hydrogen-bond donors (Lipinski definition) is 0. The maximum Gasteiger partial charge on any atom is 0.266 e. The lowest BCUT2D eigenvalue weighted by molar-refractivity contribution is 0.0583. The summed E-state index contributed by atoms with van der Waals surface area (Å²) in [6, 6.07) is 0.0827. The quantitative estimate of drug-likeness (QED) is 0.811. The maximum atomic E-state index is 12.4. The number of aryl methyl sites for hydroxylation is 2. The van der Waals surface area contributed by atoms with Crippen molar-refractivity contribution in [2.75, 3.05) is 20.3 Å². The van der Waals surface area contributed by atoms with E-state index in [2.05, 4.69) is 4.98 Å². The number of likely N-dealkylation sites (N-methyl/N-ethyl adjacent to an activating group) is 1. The molecule has 96 valence electrons. The predicted molar refractivity (Wildman–Crippen MR) is 69.6 cm³/mol. The Bertz CT molecular complexity index is 390. The lowest BCUT2D eigenvalue weighted by atomic mass is 10.2. The molecule has 0 aliphatic rings. The maximum absolute atomic E-state index is 12.4. The molecule has 4 nitrogen and oxygen atoms in total. The number of hydrogen-bond acceptors (Lipinski definition) is 4. The van der Waals surface area contributed by atoms with E-state index in [1.807, 2.05) is 32.6 Å². The molecule has 0 saturated heterocycles. The van der Waals surface area contributed by atoms with Gasteiger partial charge in [0.25, 0.3) is 5.91 Å². The van der Waals surface area contributed by atoms with Gasteiger partial charge in [0.1, 0.15) is 4.88 Å². The number of rotatable bonds is 5. The first kappa shape index (κ1) is 14.1. The first-order valence-electron chi connectivity index (χ1n) is 5.75. The standard InChI is InChI=1S/C12H20N2O2S/c1-6-14(8(2)7-16-5)12(15)11-9(3)13-10(4)17-11/h8H,6-7H2,1-5H3/t8-/m0/s1. The van der Waals surface area contributed by atoms with E-state index in [4.69, 9.17) is 4.74 Å². The van der Waals surface area contributed by atoms with Crippen molar-refractivity contribution in [3.8, 4) is 0 Å². The summed E-state index contributed by atoms with van der Waals surface area (Å²) in [6.07, 6.45) is 0. The molecular formula is C12H20N2O2S. The van der Waals surface area contributed by atoms with Crippen molar-refractivity contribution in [1.29, 1.82) is 0 Å². The van der Waals surface area contributed by atoms with E-state index in [1.54, 1.807) is 7.11 Å². The molecule has 0 radical (unpaired) electrons. The number of thiazole rings is 1. The smallest absolute Gasteiger partial charge is 0.266 e. The van der Waals surface area contributed by atoms with E-state index in [0.717, 1.165) is 15.6 Å². The Morgan fingerprint density at radius 2 is 2.18 bits per heavy atom. The Morgan fingerprint density at radius 3 is 2.59 bits per heavy atom. The average Bonchev–Trinajstić information content (AvgIpc) is 2.59. The molecule has 0 fully saturated rings. The zero-order valence-corrected chi connectivity index (χ0v) is 11.9. The molecule has 0 bridgehead atoms. The van der Waals surface area contributed by atoms with Gasteiger partial charge in [-0.15, -0.1) is 11.3 Å². The van der Waals surface area contributed by atoms with Gasteiger partial charge in [0, 0.05) is 13.7 Å². The highest BCUT2D eigenvalue weighted by molar-refractivity contribution is 7.13. The summed E-state index contributed by atoms with van der Waals surface area (Å²) in [6.45, 7) is 9.01. The lowest BCUT2D eigenvalue weighted by Gasteiger charge is -2.27. The minimum atomic E-state index is 0.0557. The minimum absolute atomic E-state index is 0.0557. The predicted octanol–water partition coefficient (Wildman–Crippen LogP) is 2.26. The molecule has 1 rings (SSSR count). The van der Waals surface area contributed by atoms with Crippen molar-refractivity contribution in [3.05, 3.63) is 15.6 Å². The van der Waals surface area contributed by atoms with Crippen LogP contribution in [0.25, 0.3) is 0 Å².